The maximum atomic E-state index is 10.3. The van der Waals surface area contributed by atoms with Gasteiger partial charge in [0.15, 0.2) is 0 Å². The van der Waals surface area contributed by atoms with Gasteiger partial charge in [0.05, 0.1) is 0 Å². The smallest absolute Gasteiger partial charge is 0.207 e. The second-order valence-electron chi connectivity index (χ2n) is 4.02. The van der Waals surface area contributed by atoms with Gasteiger partial charge in [-0.15, -0.1) is 0 Å². The van der Waals surface area contributed by atoms with Crippen LogP contribution in [-0.2, 0) is 0 Å². The van der Waals surface area contributed by atoms with Crippen LogP contribution in [0.1, 0.15) is 18.0 Å². The van der Waals surface area contributed by atoms with Crippen molar-refractivity contribution < 1.29 is 4.92 Å². The zero-order valence-electron chi connectivity index (χ0n) is 9.65. The van der Waals surface area contributed by atoms with Crippen molar-refractivity contribution >= 4 is 23.3 Å². The number of nitro groups is 1. The van der Waals surface area contributed by atoms with Crippen LogP contribution in [0.5, 0.6) is 0 Å². The molecule has 18 heavy (non-hydrogen) atoms. The Bertz CT molecular complexity index is 523. The lowest BCUT2D eigenvalue weighted by Crippen LogP contribution is -2.13. The van der Waals surface area contributed by atoms with E-state index in [4.69, 9.17) is 12.2 Å². The number of hydrogen-bond acceptors (Lipinski definition) is 4. The summed E-state index contributed by atoms with van der Waals surface area (Å²) < 4.78 is 0. The average Bonchev–Trinajstić information content (AvgIpc) is 2.37. The Hall–Kier alpha value is -1.88. The van der Waals surface area contributed by atoms with Gasteiger partial charge < -0.3 is 0 Å². The molecule has 0 fully saturated rings. The van der Waals surface area contributed by atoms with E-state index in [0.717, 1.165) is 11.1 Å². The standard InChI is InChI=1S/C13H12N2O2S/c16-15(17)7-6-10-8-12(18)13(14-9-10)11-4-2-1-3-5-11/h1-5,8-9,13H,6-7H2. The highest BCUT2D eigenvalue weighted by Crippen LogP contribution is 2.24. The lowest BCUT2D eigenvalue weighted by molar-refractivity contribution is -0.478. The Morgan fingerprint density at radius 1 is 1.33 bits per heavy atom. The molecule has 0 radical (unpaired) electrons. The molecule has 2 rings (SSSR count). The van der Waals surface area contributed by atoms with Gasteiger partial charge in [0.25, 0.3) is 0 Å². The highest BCUT2D eigenvalue weighted by molar-refractivity contribution is 7.80. The topological polar surface area (TPSA) is 55.5 Å². The van der Waals surface area contributed by atoms with E-state index >= 15 is 0 Å². The van der Waals surface area contributed by atoms with Crippen molar-refractivity contribution in [1.82, 2.24) is 0 Å². The third kappa shape index (κ3) is 3.07. The van der Waals surface area contributed by atoms with Crippen LogP contribution in [0.25, 0.3) is 0 Å². The van der Waals surface area contributed by atoms with Crippen molar-refractivity contribution in [1.29, 1.82) is 0 Å². The number of dihydropyridines is 1. The molecule has 4 nitrogen and oxygen atoms in total. The molecule has 1 aliphatic heterocycles. The highest BCUT2D eigenvalue weighted by Gasteiger charge is 2.17. The molecule has 0 saturated heterocycles. The van der Waals surface area contributed by atoms with Gasteiger partial charge in [0.1, 0.15) is 6.04 Å². The maximum Gasteiger partial charge on any atom is 0.207 e. The quantitative estimate of drug-likeness (QED) is 0.475. The van der Waals surface area contributed by atoms with Crippen molar-refractivity contribution in [3.8, 4) is 0 Å². The van der Waals surface area contributed by atoms with Gasteiger partial charge in [-0.05, 0) is 17.2 Å². The van der Waals surface area contributed by atoms with Crippen LogP contribution in [0.15, 0.2) is 47.0 Å². The lowest BCUT2D eigenvalue weighted by Gasteiger charge is -2.16. The summed E-state index contributed by atoms with van der Waals surface area (Å²) in [7, 11) is 0. The molecule has 0 aliphatic carbocycles. The summed E-state index contributed by atoms with van der Waals surface area (Å²) in [6.07, 6.45) is 3.89. The largest absolute Gasteiger partial charge is 0.279 e. The Balaban J connectivity index is 2.08. The van der Waals surface area contributed by atoms with Gasteiger partial charge in [0, 0.05) is 22.4 Å². The maximum absolute atomic E-state index is 10.3. The fourth-order valence-electron chi connectivity index (χ4n) is 1.79. The van der Waals surface area contributed by atoms with E-state index in [1.165, 1.54) is 0 Å². The van der Waals surface area contributed by atoms with E-state index < -0.39 is 0 Å². The van der Waals surface area contributed by atoms with Crippen LogP contribution in [0.3, 0.4) is 0 Å². The van der Waals surface area contributed by atoms with E-state index in [1.54, 1.807) is 6.21 Å². The van der Waals surface area contributed by atoms with Gasteiger partial charge in [-0.2, -0.15) is 0 Å². The van der Waals surface area contributed by atoms with Crippen molar-refractivity contribution in [2.24, 2.45) is 4.99 Å². The number of rotatable bonds is 4. The normalized spacial score (nSPS) is 18.6. The molecule has 0 bridgehead atoms. The monoisotopic (exact) mass is 260 g/mol. The Morgan fingerprint density at radius 3 is 2.67 bits per heavy atom. The third-order valence-corrected chi connectivity index (χ3v) is 3.03. The van der Waals surface area contributed by atoms with Crippen LogP contribution >= 0.6 is 12.2 Å². The molecule has 0 amide bonds. The van der Waals surface area contributed by atoms with E-state index in [-0.39, 0.29) is 17.5 Å². The highest BCUT2D eigenvalue weighted by atomic mass is 32.1. The first-order chi connectivity index (χ1) is 8.66. The summed E-state index contributed by atoms with van der Waals surface area (Å²) in [5.74, 6) is 0. The van der Waals surface area contributed by atoms with E-state index in [1.807, 2.05) is 36.4 Å². The van der Waals surface area contributed by atoms with Crippen LogP contribution in [0, 0.1) is 10.1 Å². The minimum Gasteiger partial charge on any atom is -0.279 e. The molecule has 0 aromatic heterocycles. The minimum atomic E-state index is -0.332. The molecular formula is C13H12N2O2S. The van der Waals surface area contributed by atoms with E-state index in [2.05, 4.69) is 4.99 Å². The van der Waals surface area contributed by atoms with Crippen molar-refractivity contribution in [3.63, 3.8) is 0 Å². The molecule has 0 N–H and O–H groups in total. The number of aliphatic imine (C=N–C) groups is 1. The van der Waals surface area contributed by atoms with Crippen LogP contribution < -0.4 is 0 Å². The summed E-state index contributed by atoms with van der Waals surface area (Å²) in [5, 5.41) is 10.3. The first kappa shape index (κ1) is 12.6. The average molecular weight is 260 g/mol. The van der Waals surface area contributed by atoms with Crippen molar-refractivity contribution in [3.05, 3.63) is 57.7 Å². The molecule has 1 aromatic rings. The zero-order chi connectivity index (χ0) is 13.0. The fourth-order valence-corrected chi connectivity index (χ4v) is 2.13. The van der Waals surface area contributed by atoms with Gasteiger partial charge in [-0.25, -0.2) is 0 Å². The second-order valence-corrected chi connectivity index (χ2v) is 4.49. The summed E-state index contributed by atoms with van der Waals surface area (Å²) in [6, 6.07) is 9.64. The summed E-state index contributed by atoms with van der Waals surface area (Å²) >= 11 is 5.31. The number of benzene rings is 1. The SMILES string of the molecule is O=[N+]([O-])CCC1=CC(=S)C(c2ccccc2)N=C1. The molecule has 1 aromatic carbocycles. The molecule has 0 saturated carbocycles. The summed E-state index contributed by atoms with van der Waals surface area (Å²) in [4.78, 5) is 15.1. The lowest BCUT2D eigenvalue weighted by atomic mass is 9.99. The van der Waals surface area contributed by atoms with E-state index in [0.29, 0.717) is 11.3 Å². The molecule has 5 heteroatoms. The van der Waals surface area contributed by atoms with Gasteiger partial charge in [-0.3, -0.25) is 15.1 Å². The fraction of sp³-hybridized carbons (Fsp3) is 0.231. The number of nitrogens with zero attached hydrogens (tertiary/aromatic N) is 2. The molecular weight excluding hydrogens is 248 g/mol. The third-order valence-electron chi connectivity index (χ3n) is 2.68. The Kier molecular flexibility index (Phi) is 3.94. The van der Waals surface area contributed by atoms with Crippen LogP contribution in [-0.4, -0.2) is 22.5 Å². The van der Waals surface area contributed by atoms with Gasteiger partial charge >= 0.3 is 0 Å². The van der Waals surface area contributed by atoms with Crippen LogP contribution in [0.4, 0.5) is 0 Å². The van der Waals surface area contributed by atoms with Gasteiger partial charge in [-0.1, -0.05) is 42.5 Å². The molecule has 1 unspecified atom stereocenters. The molecule has 0 spiro atoms. The number of hydrogen-bond donors (Lipinski definition) is 0. The number of thiocarbonyl (C=S) groups is 1. The first-order valence-electron chi connectivity index (χ1n) is 5.61. The zero-order valence-corrected chi connectivity index (χ0v) is 10.5. The predicted molar refractivity (Wildman–Crippen MR) is 74.8 cm³/mol. The molecule has 92 valence electrons. The second kappa shape index (κ2) is 5.64. The molecule has 1 heterocycles. The Morgan fingerprint density at radius 2 is 2.06 bits per heavy atom. The first-order valence-corrected chi connectivity index (χ1v) is 6.02. The summed E-state index contributed by atoms with van der Waals surface area (Å²) in [6.45, 7) is -0.0868. The van der Waals surface area contributed by atoms with Crippen LogP contribution in [0.2, 0.25) is 0 Å². The van der Waals surface area contributed by atoms with Crippen molar-refractivity contribution in [2.45, 2.75) is 12.5 Å². The molecule has 1 atom stereocenters. The minimum absolute atomic E-state index is 0.0868. The molecule has 1 aliphatic rings. The van der Waals surface area contributed by atoms with Gasteiger partial charge in [0.2, 0.25) is 6.54 Å². The van der Waals surface area contributed by atoms with Crippen molar-refractivity contribution in [2.75, 3.05) is 6.54 Å². The predicted octanol–water partition coefficient (Wildman–Crippen LogP) is 2.78. The Labute approximate surface area is 110 Å². The summed E-state index contributed by atoms with van der Waals surface area (Å²) in [5.41, 5.74) is 1.87. The van der Waals surface area contributed by atoms with E-state index in [9.17, 15) is 10.1 Å².